The van der Waals surface area contributed by atoms with Crippen molar-refractivity contribution in [3.05, 3.63) is 118 Å². The fourth-order valence-corrected chi connectivity index (χ4v) is 3.20. The second-order valence-electron chi connectivity index (χ2n) is 7.07. The van der Waals surface area contributed by atoms with E-state index in [1.807, 2.05) is 85.8 Å². The summed E-state index contributed by atoms with van der Waals surface area (Å²) in [7, 11) is 0. The number of aryl methyl sites for hydroxylation is 1. The third-order valence-corrected chi connectivity index (χ3v) is 4.81. The minimum atomic E-state index is -0.365. The molecule has 0 aliphatic carbocycles. The number of nitrogens with one attached hydrogen (secondary N) is 1. The Kier molecular flexibility index (Phi) is 5.52. The molecule has 0 saturated heterocycles. The first-order valence-corrected chi connectivity index (χ1v) is 9.70. The van der Waals surface area contributed by atoms with Crippen LogP contribution in [0.5, 0.6) is 0 Å². The van der Waals surface area contributed by atoms with Gasteiger partial charge >= 0.3 is 0 Å². The molecule has 0 unspecified atom stereocenters. The molecule has 0 radical (unpaired) electrons. The minimum absolute atomic E-state index is 0.185. The summed E-state index contributed by atoms with van der Waals surface area (Å²) >= 11 is 0. The topological polar surface area (TPSA) is 64.0 Å². The SMILES string of the molecule is Cc1ccc(Cn2nc(C(=O)Nc3ccccc3-c3ccccc3)ccc2=O)cc1. The van der Waals surface area contributed by atoms with Gasteiger partial charge < -0.3 is 5.32 Å². The molecule has 1 N–H and O–H groups in total. The number of carbonyl (C=O) groups excluding carboxylic acids is 1. The molecule has 1 amide bonds. The van der Waals surface area contributed by atoms with E-state index < -0.39 is 0 Å². The lowest BCUT2D eigenvalue weighted by atomic mass is 10.0. The molecule has 5 nitrogen and oxygen atoms in total. The molecule has 0 aliphatic heterocycles. The monoisotopic (exact) mass is 395 g/mol. The van der Waals surface area contributed by atoms with Gasteiger partial charge in [-0.2, -0.15) is 5.10 Å². The molecular weight excluding hydrogens is 374 g/mol. The lowest BCUT2D eigenvalue weighted by Gasteiger charge is -2.12. The number of nitrogens with zero attached hydrogens (tertiary/aromatic N) is 2. The molecule has 3 aromatic carbocycles. The molecule has 0 aliphatic rings. The maximum absolute atomic E-state index is 12.9. The van der Waals surface area contributed by atoms with E-state index in [4.69, 9.17) is 0 Å². The van der Waals surface area contributed by atoms with Crippen molar-refractivity contribution in [3.63, 3.8) is 0 Å². The van der Waals surface area contributed by atoms with Crippen LogP contribution in [0.15, 0.2) is 95.8 Å². The van der Waals surface area contributed by atoms with Crippen molar-refractivity contribution in [2.75, 3.05) is 5.32 Å². The van der Waals surface area contributed by atoms with Gasteiger partial charge in [0.05, 0.1) is 6.54 Å². The number of anilines is 1. The van der Waals surface area contributed by atoms with Gasteiger partial charge in [0.15, 0.2) is 0 Å². The Balaban J connectivity index is 1.59. The Morgan fingerprint density at radius 2 is 1.57 bits per heavy atom. The predicted molar refractivity (Wildman–Crippen MR) is 119 cm³/mol. The van der Waals surface area contributed by atoms with Gasteiger partial charge in [0, 0.05) is 17.3 Å². The number of hydrogen-bond donors (Lipinski definition) is 1. The molecule has 1 heterocycles. The Morgan fingerprint density at radius 1 is 0.867 bits per heavy atom. The molecule has 4 aromatic rings. The molecule has 1 aromatic heterocycles. The molecule has 0 spiro atoms. The number of amides is 1. The fraction of sp³-hybridized carbons (Fsp3) is 0.0800. The highest BCUT2D eigenvalue weighted by atomic mass is 16.2. The summed E-state index contributed by atoms with van der Waals surface area (Å²) in [5, 5.41) is 7.21. The van der Waals surface area contributed by atoms with Crippen molar-refractivity contribution >= 4 is 11.6 Å². The molecule has 148 valence electrons. The normalized spacial score (nSPS) is 10.6. The largest absolute Gasteiger partial charge is 0.320 e. The quantitative estimate of drug-likeness (QED) is 0.540. The molecule has 0 saturated carbocycles. The fourth-order valence-electron chi connectivity index (χ4n) is 3.20. The Morgan fingerprint density at radius 3 is 2.33 bits per heavy atom. The summed E-state index contributed by atoms with van der Waals surface area (Å²) in [6, 6.07) is 28.1. The molecule has 30 heavy (non-hydrogen) atoms. The van der Waals surface area contributed by atoms with Crippen LogP contribution in [0, 0.1) is 6.92 Å². The van der Waals surface area contributed by atoms with Crippen molar-refractivity contribution in [1.29, 1.82) is 0 Å². The van der Waals surface area contributed by atoms with Crippen molar-refractivity contribution < 1.29 is 4.79 Å². The van der Waals surface area contributed by atoms with Gasteiger partial charge in [0.2, 0.25) is 0 Å². The summed E-state index contributed by atoms with van der Waals surface area (Å²) in [6.45, 7) is 2.31. The van der Waals surface area contributed by atoms with Crippen LogP contribution in [0.25, 0.3) is 11.1 Å². The highest BCUT2D eigenvalue weighted by molar-refractivity contribution is 6.04. The average molecular weight is 395 g/mol. The summed E-state index contributed by atoms with van der Waals surface area (Å²) < 4.78 is 1.31. The molecule has 0 bridgehead atoms. The lowest BCUT2D eigenvalue weighted by Crippen LogP contribution is -2.26. The number of benzene rings is 3. The zero-order valence-electron chi connectivity index (χ0n) is 16.6. The molecule has 0 fully saturated rings. The van der Waals surface area contributed by atoms with Crippen LogP contribution in [0.3, 0.4) is 0 Å². The van der Waals surface area contributed by atoms with Crippen molar-refractivity contribution in [3.8, 4) is 11.1 Å². The highest BCUT2D eigenvalue weighted by Gasteiger charge is 2.13. The number of rotatable bonds is 5. The van der Waals surface area contributed by atoms with Gasteiger partial charge in [-0.05, 0) is 30.2 Å². The third-order valence-electron chi connectivity index (χ3n) is 4.81. The van der Waals surface area contributed by atoms with Gasteiger partial charge in [0.25, 0.3) is 11.5 Å². The van der Waals surface area contributed by atoms with E-state index in [0.717, 1.165) is 22.3 Å². The first kappa shape index (κ1) is 19.3. The van der Waals surface area contributed by atoms with Gasteiger partial charge in [-0.25, -0.2) is 4.68 Å². The van der Waals surface area contributed by atoms with Gasteiger partial charge in [-0.15, -0.1) is 0 Å². The van der Waals surface area contributed by atoms with E-state index in [1.165, 1.54) is 16.8 Å². The Hall–Kier alpha value is -3.99. The first-order chi connectivity index (χ1) is 14.6. The standard InChI is InChI=1S/C25H21N3O2/c1-18-11-13-19(14-12-18)17-28-24(29)16-15-23(27-28)25(30)26-22-10-6-5-9-21(22)20-7-3-2-4-8-20/h2-16H,17H2,1H3,(H,26,30). The first-order valence-electron chi connectivity index (χ1n) is 9.70. The number of para-hydroxylation sites is 1. The van der Waals surface area contributed by atoms with Crippen molar-refractivity contribution in [1.82, 2.24) is 9.78 Å². The van der Waals surface area contributed by atoms with Crippen LogP contribution >= 0.6 is 0 Å². The van der Waals surface area contributed by atoms with Crippen molar-refractivity contribution in [2.24, 2.45) is 0 Å². The van der Waals surface area contributed by atoms with Crippen LogP contribution < -0.4 is 10.9 Å². The summed E-state index contributed by atoms with van der Waals surface area (Å²) in [5.74, 6) is -0.365. The summed E-state index contributed by atoms with van der Waals surface area (Å²) in [4.78, 5) is 25.1. The van der Waals surface area contributed by atoms with E-state index in [2.05, 4.69) is 10.4 Å². The molecular formula is C25H21N3O2. The minimum Gasteiger partial charge on any atom is -0.320 e. The zero-order valence-corrected chi connectivity index (χ0v) is 16.6. The zero-order chi connectivity index (χ0) is 20.9. The van der Waals surface area contributed by atoms with Crippen LogP contribution in [-0.2, 0) is 6.54 Å². The Labute approximate surface area is 174 Å². The molecule has 5 heteroatoms. The number of carbonyl (C=O) groups is 1. The maximum atomic E-state index is 12.9. The van der Waals surface area contributed by atoms with E-state index in [1.54, 1.807) is 0 Å². The Bertz CT molecular complexity index is 1230. The smallest absolute Gasteiger partial charge is 0.276 e. The van der Waals surface area contributed by atoms with E-state index in [0.29, 0.717) is 12.2 Å². The molecule has 4 rings (SSSR count). The summed E-state index contributed by atoms with van der Waals surface area (Å²) in [5.41, 5.74) is 4.63. The number of aromatic nitrogens is 2. The second-order valence-corrected chi connectivity index (χ2v) is 7.07. The van der Waals surface area contributed by atoms with Crippen molar-refractivity contribution in [2.45, 2.75) is 13.5 Å². The van der Waals surface area contributed by atoms with Gasteiger partial charge in [-0.1, -0.05) is 78.4 Å². The maximum Gasteiger partial charge on any atom is 0.276 e. The third kappa shape index (κ3) is 4.36. The number of hydrogen-bond acceptors (Lipinski definition) is 3. The van der Waals surface area contributed by atoms with Crippen LogP contribution in [0.2, 0.25) is 0 Å². The van der Waals surface area contributed by atoms with Crippen LogP contribution in [0.4, 0.5) is 5.69 Å². The average Bonchev–Trinajstić information content (AvgIpc) is 2.78. The predicted octanol–water partition coefficient (Wildman–Crippen LogP) is 4.52. The summed E-state index contributed by atoms with van der Waals surface area (Å²) in [6.07, 6.45) is 0. The van der Waals surface area contributed by atoms with E-state index >= 15 is 0 Å². The second kappa shape index (κ2) is 8.57. The highest BCUT2D eigenvalue weighted by Crippen LogP contribution is 2.27. The van der Waals surface area contributed by atoms with Gasteiger partial charge in [-0.3, -0.25) is 9.59 Å². The van der Waals surface area contributed by atoms with E-state index in [-0.39, 0.29) is 17.2 Å². The van der Waals surface area contributed by atoms with Gasteiger partial charge in [0.1, 0.15) is 5.69 Å². The van der Waals surface area contributed by atoms with Crippen LogP contribution in [0.1, 0.15) is 21.6 Å². The van der Waals surface area contributed by atoms with Crippen LogP contribution in [-0.4, -0.2) is 15.7 Å². The van der Waals surface area contributed by atoms with E-state index in [9.17, 15) is 9.59 Å². The lowest BCUT2D eigenvalue weighted by molar-refractivity contribution is 0.102. The molecule has 0 atom stereocenters.